The molecule has 0 aliphatic carbocycles. The van der Waals surface area contributed by atoms with Gasteiger partial charge in [0.2, 0.25) is 0 Å². The summed E-state index contributed by atoms with van der Waals surface area (Å²) in [6.45, 7) is 4.22. The zero-order valence-electron chi connectivity index (χ0n) is 16.4. The molecule has 0 spiro atoms. The minimum Gasteiger partial charge on any atom is -0.476 e. The summed E-state index contributed by atoms with van der Waals surface area (Å²) in [4.78, 5) is 36.4. The molecule has 29 heavy (non-hydrogen) atoms. The van der Waals surface area contributed by atoms with Gasteiger partial charge in [0.15, 0.2) is 12.2 Å². The molecule has 0 bridgehead atoms. The molecule has 8 heteroatoms. The van der Waals surface area contributed by atoms with E-state index in [1.165, 1.54) is 50.2 Å². The lowest BCUT2D eigenvalue weighted by atomic mass is 10.1. The van der Waals surface area contributed by atoms with E-state index in [1.807, 2.05) is 0 Å². The van der Waals surface area contributed by atoms with Crippen LogP contribution in [0, 0.1) is 5.82 Å². The van der Waals surface area contributed by atoms with Crippen molar-refractivity contribution in [3.63, 3.8) is 0 Å². The second kappa shape index (κ2) is 9.68. The minimum absolute atomic E-state index is 0.189. The molecule has 1 N–H and O–H groups in total. The topological polar surface area (TPSA) is 90.9 Å². The molecule has 0 aromatic heterocycles. The molecular formula is C21H22FNO6. The lowest BCUT2D eigenvalue weighted by molar-refractivity contribution is -0.161. The van der Waals surface area contributed by atoms with Crippen molar-refractivity contribution in [2.24, 2.45) is 0 Å². The van der Waals surface area contributed by atoms with Gasteiger partial charge in [0.05, 0.1) is 17.9 Å². The monoisotopic (exact) mass is 403 g/mol. The molecule has 0 atom stereocenters. The van der Waals surface area contributed by atoms with E-state index in [1.54, 1.807) is 19.1 Å². The Morgan fingerprint density at radius 3 is 2.31 bits per heavy atom. The van der Waals surface area contributed by atoms with Crippen LogP contribution in [0.25, 0.3) is 0 Å². The van der Waals surface area contributed by atoms with E-state index in [0.29, 0.717) is 0 Å². The summed E-state index contributed by atoms with van der Waals surface area (Å²) < 4.78 is 28.4. The molecule has 0 aliphatic heterocycles. The first kappa shape index (κ1) is 21.9. The summed E-state index contributed by atoms with van der Waals surface area (Å²) in [5, 5.41) is 2.51. The van der Waals surface area contributed by atoms with Gasteiger partial charge in [-0.2, -0.15) is 0 Å². The number of para-hydroxylation sites is 1. The highest BCUT2D eigenvalue weighted by Crippen LogP contribution is 2.20. The average Bonchev–Trinajstić information content (AvgIpc) is 2.68. The Kier molecular flexibility index (Phi) is 7.30. The molecule has 2 aromatic carbocycles. The third-order valence-electron chi connectivity index (χ3n) is 3.71. The van der Waals surface area contributed by atoms with Gasteiger partial charge in [0, 0.05) is 0 Å². The maximum Gasteiger partial charge on any atom is 0.350 e. The maximum absolute atomic E-state index is 13.0. The van der Waals surface area contributed by atoms with Crippen LogP contribution in [0.3, 0.4) is 0 Å². The van der Waals surface area contributed by atoms with Crippen LogP contribution in [0.1, 0.15) is 31.1 Å². The summed E-state index contributed by atoms with van der Waals surface area (Å²) in [5.41, 5.74) is -0.969. The first-order valence-electron chi connectivity index (χ1n) is 8.90. The minimum atomic E-state index is -1.40. The Morgan fingerprint density at radius 2 is 1.66 bits per heavy atom. The van der Waals surface area contributed by atoms with E-state index in [2.05, 4.69) is 5.32 Å². The van der Waals surface area contributed by atoms with Gasteiger partial charge in [0.25, 0.3) is 5.91 Å². The summed E-state index contributed by atoms with van der Waals surface area (Å²) >= 11 is 0. The Hall–Kier alpha value is -3.42. The van der Waals surface area contributed by atoms with Crippen molar-refractivity contribution < 1.29 is 33.0 Å². The Labute approximate surface area is 167 Å². The van der Waals surface area contributed by atoms with Gasteiger partial charge in [-0.25, -0.2) is 14.0 Å². The summed E-state index contributed by atoms with van der Waals surface area (Å²) in [6.07, 6.45) is 0. The van der Waals surface area contributed by atoms with Crippen molar-refractivity contribution in [2.75, 3.05) is 18.5 Å². The molecule has 0 radical (unpaired) electrons. The van der Waals surface area contributed by atoms with Gasteiger partial charge in [0.1, 0.15) is 11.6 Å². The van der Waals surface area contributed by atoms with E-state index >= 15 is 0 Å². The Balaban J connectivity index is 1.94. The van der Waals surface area contributed by atoms with Gasteiger partial charge in [-0.3, -0.25) is 4.79 Å². The van der Waals surface area contributed by atoms with Gasteiger partial charge in [-0.1, -0.05) is 12.1 Å². The number of nitrogens with one attached hydrogen (secondary N) is 1. The van der Waals surface area contributed by atoms with Gasteiger partial charge in [-0.15, -0.1) is 0 Å². The van der Waals surface area contributed by atoms with Crippen LogP contribution in [-0.2, 0) is 19.1 Å². The highest BCUT2D eigenvalue weighted by Gasteiger charge is 2.32. The van der Waals surface area contributed by atoms with Gasteiger partial charge >= 0.3 is 11.9 Å². The van der Waals surface area contributed by atoms with Crippen molar-refractivity contribution in [1.82, 2.24) is 0 Å². The van der Waals surface area contributed by atoms with Crippen LogP contribution in [0.4, 0.5) is 10.1 Å². The number of carbonyl (C=O) groups is 3. The molecular weight excluding hydrogens is 381 g/mol. The molecule has 0 aliphatic rings. The first-order valence-corrected chi connectivity index (χ1v) is 8.90. The van der Waals surface area contributed by atoms with Crippen LogP contribution in [0.5, 0.6) is 5.75 Å². The number of hydrogen-bond acceptors (Lipinski definition) is 6. The van der Waals surface area contributed by atoms with Crippen molar-refractivity contribution in [3.05, 3.63) is 59.9 Å². The number of ether oxygens (including phenoxy) is 3. The Bertz CT molecular complexity index is 879. The number of halogens is 1. The molecule has 0 saturated carbocycles. The smallest absolute Gasteiger partial charge is 0.350 e. The zero-order chi connectivity index (χ0) is 21.4. The van der Waals surface area contributed by atoms with Crippen LogP contribution in [0.15, 0.2) is 48.5 Å². The van der Waals surface area contributed by atoms with E-state index in [-0.39, 0.29) is 23.6 Å². The second-order valence-electron chi connectivity index (χ2n) is 6.46. The maximum atomic E-state index is 13.0. The van der Waals surface area contributed by atoms with E-state index < -0.39 is 35.9 Å². The molecule has 2 rings (SSSR count). The number of benzene rings is 2. The SMILES string of the molecule is CCOC(=O)c1ccccc1NC(=O)COC(=O)C(C)(C)Oc1ccc(F)cc1. The molecule has 0 saturated heterocycles. The summed E-state index contributed by atoms with van der Waals surface area (Å²) in [5.74, 6) is -2.14. The van der Waals surface area contributed by atoms with Crippen molar-refractivity contribution in [2.45, 2.75) is 26.4 Å². The predicted octanol–water partition coefficient (Wildman–Crippen LogP) is 3.34. The number of esters is 2. The van der Waals surface area contributed by atoms with Crippen molar-refractivity contribution in [3.8, 4) is 5.75 Å². The number of anilines is 1. The van der Waals surface area contributed by atoms with E-state index in [4.69, 9.17) is 14.2 Å². The second-order valence-corrected chi connectivity index (χ2v) is 6.46. The molecule has 7 nitrogen and oxygen atoms in total. The fraction of sp³-hybridized carbons (Fsp3) is 0.286. The lowest BCUT2D eigenvalue weighted by Crippen LogP contribution is -2.41. The van der Waals surface area contributed by atoms with Crippen LogP contribution >= 0.6 is 0 Å². The molecule has 0 fully saturated rings. The molecule has 154 valence electrons. The number of hydrogen-bond donors (Lipinski definition) is 1. The van der Waals surface area contributed by atoms with E-state index in [9.17, 15) is 18.8 Å². The third-order valence-corrected chi connectivity index (χ3v) is 3.71. The summed E-state index contributed by atoms with van der Waals surface area (Å²) in [6, 6.07) is 11.5. The van der Waals surface area contributed by atoms with Crippen molar-refractivity contribution >= 4 is 23.5 Å². The lowest BCUT2D eigenvalue weighted by Gasteiger charge is -2.24. The molecule has 0 heterocycles. The average molecular weight is 403 g/mol. The molecule has 1 amide bonds. The first-order chi connectivity index (χ1) is 13.7. The van der Waals surface area contributed by atoms with Crippen LogP contribution in [-0.4, -0.2) is 36.7 Å². The normalized spacial score (nSPS) is 10.8. The third kappa shape index (κ3) is 6.31. The van der Waals surface area contributed by atoms with Crippen molar-refractivity contribution in [1.29, 1.82) is 0 Å². The standard InChI is InChI=1S/C21H22FNO6/c1-4-27-19(25)16-7-5-6-8-17(16)23-18(24)13-28-20(26)21(2,3)29-15-11-9-14(22)10-12-15/h5-12H,4,13H2,1-3H3,(H,23,24). The fourth-order valence-corrected chi connectivity index (χ4v) is 2.31. The highest BCUT2D eigenvalue weighted by molar-refractivity contribution is 6.02. The number of carbonyl (C=O) groups excluding carboxylic acids is 3. The molecule has 0 unspecified atom stereocenters. The number of amides is 1. The fourth-order valence-electron chi connectivity index (χ4n) is 2.31. The van der Waals surface area contributed by atoms with E-state index in [0.717, 1.165) is 0 Å². The zero-order valence-corrected chi connectivity index (χ0v) is 16.4. The highest BCUT2D eigenvalue weighted by atomic mass is 19.1. The van der Waals surface area contributed by atoms with Gasteiger partial charge < -0.3 is 19.5 Å². The van der Waals surface area contributed by atoms with Crippen LogP contribution < -0.4 is 10.1 Å². The molecule has 2 aromatic rings. The predicted molar refractivity (Wildman–Crippen MR) is 103 cm³/mol. The largest absolute Gasteiger partial charge is 0.476 e. The van der Waals surface area contributed by atoms with Crippen LogP contribution in [0.2, 0.25) is 0 Å². The quantitative estimate of drug-likeness (QED) is 0.680. The Morgan fingerprint density at radius 1 is 1.00 bits per heavy atom. The number of rotatable bonds is 8. The summed E-state index contributed by atoms with van der Waals surface area (Å²) in [7, 11) is 0. The van der Waals surface area contributed by atoms with Gasteiger partial charge in [-0.05, 0) is 57.2 Å².